The molecule has 0 fully saturated rings. The zero-order valence-corrected chi connectivity index (χ0v) is 8.50. The number of ketones is 1. The van der Waals surface area contributed by atoms with E-state index in [9.17, 15) is 9.59 Å². The lowest BCUT2D eigenvalue weighted by Crippen LogP contribution is -2.23. The molecule has 0 bridgehead atoms. The molecule has 0 aromatic carbocycles. The van der Waals surface area contributed by atoms with Gasteiger partial charge in [-0.25, -0.2) is 0 Å². The molecule has 74 valence electrons. The number of esters is 1. The lowest BCUT2D eigenvalue weighted by Gasteiger charge is -2.09. The van der Waals surface area contributed by atoms with Gasteiger partial charge in [-0.1, -0.05) is 17.7 Å². The minimum atomic E-state index is -0.713. The predicted octanol–water partition coefficient (Wildman–Crippen LogP) is 1.90. The van der Waals surface area contributed by atoms with Crippen LogP contribution in [0.25, 0.3) is 0 Å². The molecule has 0 rings (SSSR count). The zero-order chi connectivity index (χ0) is 10.3. The van der Waals surface area contributed by atoms with Gasteiger partial charge in [-0.3, -0.25) is 9.59 Å². The van der Waals surface area contributed by atoms with Crippen molar-refractivity contribution in [2.24, 2.45) is 5.92 Å². The molecule has 0 saturated carbocycles. The topological polar surface area (TPSA) is 43.4 Å². The number of hydrogen-bond acceptors (Lipinski definition) is 3. The summed E-state index contributed by atoms with van der Waals surface area (Å²) in [6, 6.07) is 0. The summed E-state index contributed by atoms with van der Waals surface area (Å²) < 4.78 is 4.73. The summed E-state index contributed by atoms with van der Waals surface area (Å²) in [6.45, 7) is 3.35. The van der Waals surface area contributed by atoms with Gasteiger partial charge in [0.15, 0.2) is 0 Å². The highest BCUT2D eigenvalue weighted by molar-refractivity contribution is 6.25. The first kappa shape index (κ1) is 12.2. The number of allylic oxidation sites excluding steroid dienone is 1. The second-order valence-corrected chi connectivity index (χ2v) is 2.76. The molecule has 0 aliphatic carbocycles. The monoisotopic (exact) mass is 204 g/mol. The first-order chi connectivity index (χ1) is 6.13. The van der Waals surface area contributed by atoms with Crippen molar-refractivity contribution in [2.75, 3.05) is 6.61 Å². The largest absolute Gasteiger partial charge is 0.465 e. The summed E-state index contributed by atoms with van der Waals surface area (Å²) in [5, 5.41) is 0. The van der Waals surface area contributed by atoms with Crippen molar-refractivity contribution in [3.8, 4) is 0 Å². The van der Waals surface area contributed by atoms with Crippen molar-refractivity contribution < 1.29 is 14.3 Å². The van der Waals surface area contributed by atoms with Gasteiger partial charge in [0.2, 0.25) is 0 Å². The molecular weight excluding hydrogens is 192 g/mol. The Labute approximate surface area is 82.7 Å². The first-order valence-electron chi connectivity index (χ1n) is 4.05. The number of hydrogen-bond donors (Lipinski definition) is 0. The van der Waals surface area contributed by atoms with Crippen LogP contribution >= 0.6 is 11.6 Å². The summed E-state index contributed by atoms with van der Waals surface area (Å²) >= 11 is 5.29. The molecule has 0 aliphatic rings. The van der Waals surface area contributed by atoms with Gasteiger partial charge in [-0.15, -0.1) is 0 Å². The second-order valence-electron chi connectivity index (χ2n) is 2.51. The van der Waals surface area contributed by atoms with E-state index in [1.807, 2.05) is 0 Å². The van der Waals surface area contributed by atoms with Crippen LogP contribution in [0.1, 0.15) is 20.3 Å². The minimum Gasteiger partial charge on any atom is -0.465 e. The van der Waals surface area contributed by atoms with Crippen LogP contribution in [0.4, 0.5) is 0 Å². The van der Waals surface area contributed by atoms with Crippen molar-refractivity contribution in [1.29, 1.82) is 0 Å². The fraction of sp³-hybridized carbons (Fsp3) is 0.556. The van der Waals surface area contributed by atoms with E-state index in [0.717, 1.165) is 0 Å². The summed E-state index contributed by atoms with van der Waals surface area (Å²) in [5.74, 6) is -1.40. The van der Waals surface area contributed by atoms with E-state index in [1.54, 1.807) is 13.0 Å². The molecule has 1 atom stereocenters. The predicted molar refractivity (Wildman–Crippen MR) is 50.4 cm³/mol. The second kappa shape index (κ2) is 6.66. The summed E-state index contributed by atoms with van der Waals surface area (Å²) in [6.07, 6.45) is 1.86. The number of carbonyl (C=O) groups excluding carboxylic acids is 2. The van der Waals surface area contributed by atoms with Crippen LogP contribution in [0.5, 0.6) is 0 Å². The summed E-state index contributed by atoms with van der Waals surface area (Å²) in [7, 11) is 0. The Morgan fingerprint density at radius 3 is 2.54 bits per heavy atom. The van der Waals surface area contributed by atoms with E-state index in [-0.39, 0.29) is 12.4 Å². The lowest BCUT2D eigenvalue weighted by atomic mass is 10.0. The Balaban J connectivity index is 4.23. The molecule has 3 nitrogen and oxygen atoms in total. The molecule has 0 saturated heterocycles. The Kier molecular flexibility index (Phi) is 6.24. The van der Waals surface area contributed by atoms with E-state index < -0.39 is 11.9 Å². The molecule has 0 spiro atoms. The molecule has 0 aromatic heterocycles. The molecule has 0 aromatic rings. The van der Waals surface area contributed by atoms with Crippen LogP contribution in [0.15, 0.2) is 11.6 Å². The molecule has 1 unspecified atom stereocenters. The van der Waals surface area contributed by atoms with Crippen LogP contribution in [0.3, 0.4) is 0 Å². The molecule has 4 heteroatoms. The van der Waals surface area contributed by atoms with E-state index in [1.165, 1.54) is 12.5 Å². The van der Waals surface area contributed by atoms with Gasteiger partial charge < -0.3 is 4.74 Å². The molecule has 0 N–H and O–H groups in total. The Morgan fingerprint density at radius 2 is 2.15 bits per heavy atom. The van der Waals surface area contributed by atoms with E-state index in [4.69, 9.17) is 16.3 Å². The van der Waals surface area contributed by atoms with E-state index in [2.05, 4.69) is 0 Å². The fourth-order valence-electron chi connectivity index (χ4n) is 0.859. The van der Waals surface area contributed by atoms with Crippen molar-refractivity contribution in [3.63, 3.8) is 0 Å². The van der Waals surface area contributed by atoms with Crippen LogP contribution in [0.2, 0.25) is 0 Å². The number of ether oxygens (including phenoxy) is 1. The van der Waals surface area contributed by atoms with Crippen LogP contribution < -0.4 is 0 Å². The maximum atomic E-state index is 11.2. The van der Waals surface area contributed by atoms with Crippen molar-refractivity contribution >= 4 is 23.4 Å². The Hall–Kier alpha value is -0.830. The quantitative estimate of drug-likeness (QED) is 0.508. The van der Waals surface area contributed by atoms with Gasteiger partial charge in [0.05, 0.1) is 6.61 Å². The van der Waals surface area contributed by atoms with Crippen LogP contribution in [0, 0.1) is 5.92 Å². The average molecular weight is 205 g/mol. The normalized spacial score (nSPS) is 12.8. The molecule has 0 radical (unpaired) electrons. The molecular formula is C9H13ClO3. The highest BCUT2D eigenvalue weighted by atomic mass is 35.5. The standard InChI is InChI=1S/C9H13ClO3/c1-3-13-9(12)8(7(2)11)5-4-6-10/h4,6,8H,3,5H2,1-2H3/b6-4+. The number of rotatable bonds is 5. The zero-order valence-electron chi connectivity index (χ0n) is 7.75. The lowest BCUT2D eigenvalue weighted by molar-refractivity contribution is -0.150. The molecule has 13 heavy (non-hydrogen) atoms. The number of carbonyl (C=O) groups is 2. The maximum absolute atomic E-state index is 11.2. The van der Waals surface area contributed by atoms with Crippen molar-refractivity contribution in [1.82, 2.24) is 0 Å². The molecule has 0 amide bonds. The number of halogens is 1. The van der Waals surface area contributed by atoms with Gasteiger partial charge in [-0.2, -0.15) is 0 Å². The smallest absolute Gasteiger partial charge is 0.316 e. The van der Waals surface area contributed by atoms with Crippen LogP contribution in [-0.2, 0) is 14.3 Å². The molecule has 0 aliphatic heterocycles. The van der Waals surface area contributed by atoms with E-state index >= 15 is 0 Å². The Bertz CT molecular complexity index is 211. The highest BCUT2D eigenvalue weighted by Crippen LogP contribution is 2.08. The van der Waals surface area contributed by atoms with Crippen molar-refractivity contribution in [3.05, 3.63) is 11.6 Å². The number of Topliss-reactive ketones (excluding diaryl/α,β-unsaturated/α-hetero) is 1. The first-order valence-corrected chi connectivity index (χ1v) is 4.49. The van der Waals surface area contributed by atoms with Crippen molar-refractivity contribution in [2.45, 2.75) is 20.3 Å². The third-order valence-corrected chi connectivity index (χ3v) is 1.70. The minimum absolute atomic E-state index is 0.201. The van der Waals surface area contributed by atoms with Gasteiger partial charge in [0.25, 0.3) is 0 Å². The van der Waals surface area contributed by atoms with Gasteiger partial charge in [0.1, 0.15) is 11.7 Å². The van der Waals surface area contributed by atoms with Crippen LogP contribution in [-0.4, -0.2) is 18.4 Å². The van der Waals surface area contributed by atoms with Gasteiger partial charge >= 0.3 is 5.97 Å². The molecule has 0 heterocycles. The average Bonchev–Trinajstić information content (AvgIpc) is 2.05. The van der Waals surface area contributed by atoms with E-state index in [0.29, 0.717) is 6.42 Å². The van der Waals surface area contributed by atoms with Gasteiger partial charge in [-0.05, 0) is 20.3 Å². The summed E-state index contributed by atoms with van der Waals surface area (Å²) in [4.78, 5) is 22.2. The third kappa shape index (κ3) is 4.68. The highest BCUT2D eigenvalue weighted by Gasteiger charge is 2.22. The Morgan fingerprint density at radius 1 is 1.54 bits per heavy atom. The maximum Gasteiger partial charge on any atom is 0.316 e. The van der Waals surface area contributed by atoms with Gasteiger partial charge in [0, 0.05) is 5.54 Å². The third-order valence-electron chi connectivity index (χ3n) is 1.52. The SMILES string of the molecule is CCOC(=O)C(C/C=C/Cl)C(C)=O. The fourth-order valence-corrected chi connectivity index (χ4v) is 0.961. The summed E-state index contributed by atoms with van der Waals surface area (Å²) in [5.41, 5.74) is 1.29.